The number of esters is 1. The molecule has 0 aliphatic carbocycles. The minimum Gasteiger partial charge on any atom is -0.462 e. The van der Waals surface area contributed by atoms with Crippen LogP contribution in [0.25, 0.3) is 0 Å². The van der Waals surface area contributed by atoms with Crippen LogP contribution >= 0.6 is 0 Å². The molecule has 0 spiro atoms. The van der Waals surface area contributed by atoms with E-state index in [0.29, 0.717) is 18.6 Å². The summed E-state index contributed by atoms with van der Waals surface area (Å²) < 4.78 is 19.1. The van der Waals surface area contributed by atoms with Gasteiger partial charge in [0.25, 0.3) is 0 Å². The van der Waals surface area contributed by atoms with E-state index in [0.717, 1.165) is 38.5 Å². The zero-order valence-electron chi connectivity index (χ0n) is 17.7. The molecule has 0 saturated heterocycles. The number of unbranched alkanes of at least 4 members (excludes halogenated alkanes) is 12. The van der Waals surface area contributed by atoms with Crippen LogP contribution in [0.15, 0.2) is 11.6 Å². The molecular weight excluding hydrogens is 327 g/mol. The van der Waals surface area contributed by atoms with Crippen molar-refractivity contribution in [2.75, 3.05) is 6.61 Å². The van der Waals surface area contributed by atoms with Crippen molar-refractivity contribution in [3.05, 3.63) is 11.6 Å². The minimum absolute atomic E-state index is 0.364. The van der Waals surface area contributed by atoms with Crippen LogP contribution in [0.3, 0.4) is 0 Å². The molecule has 0 aromatic carbocycles. The molecule has 0 amide bonds. The third kappa shape index (κ3) is 16.6. The molecule has 0 radical (unpaired) electrons. The first kappa shape index (κ1) is 25.1. The van der Waals surface area contributed by atoms with Crippen molar-refractivity contribution in [1.29, 1.82) is 0 Å². The van der Waals surface area contributed by atoms with E-state index >= 15 is 0 Å². The van der Waals surface area contributed by atoms with Crippen LogP contribution in [-0.4, -0.2) is 18.7 Å². The molecule has 154 valence electrons. The summed E-state index contributed by atoms with van der Waals surface area (Å²) in [5.41, 5.74) is 0.403. The quantitative estimate of drug-likeness (QED) is 0.140. The van der Waals surface area contributed by atoms with Gasteiger partial charge < -0.3 is 4.74 Å². The van der Waals surface area contributed by atoms with E-state index in [2.05, 4.69) is 13.8 Å². The Kier molecular flexibility index (Phi) is 18.3. The van der Waals surface area contributed by atoms with E-state index < -0.39 is 6.17 Å². The molecule has 2 nitrogen and oxygen atoms in total. The van der Waals surface area contributed by atoms with Crippen molar-refractivity contribution in [1.82, 2.24) is 0 Å². The Morgan fingerprint density at radius 2 is 1.27 bits per heavy atom. The molecule has 3 heteroatoms. The maximum atomic E-state index is 13.8. The first-order valence-electron chi connectivity index (χ1n) is 11.1. The minimum atomic E-state index is -1.03. The van der Waals surface area contributed by atoms with Crippen molar-refractivity contribution < 1.29 is 13.9 Å². The third-order valence-electron chi connectivity index (χ3n) is 4.82. The van der Waals surface area contributed by atoms with Crippen LogP contribution in [-0.2, 0) is 9.53 Å². The first-order chi connectivity index (χ1) is 12.6. The van der Waals surface area contributed by atoms with E-state index in [1.54, 1.807) is 6.92 Å². The fourth-order valence-electron chi connectivity index (χ4n) is 3.06. The molecule has 26 heavy (non-hydrogen) atoms. The lowest BCUT2D eigenvalue weighted by Crippen LogP contribution is -2.09. The molecule has 0 aliphatic heterocycles. The van der Waals surface area contributed by atoms with E-state index in [1.807, 2.05) is 0 Å². The highest BCUT2D eigenvalue weighted by Gasteiger charge is 2.09. The summed E-state index contributed by atoms with van der Waals surface area (Å²) in [6.07, 6.45) is 17.7. The van der Waals surface area contributed by atoms with Gasteiger partial charge in [-0.3, -0.25) is 0 Å². The third-order valence-corrected chi connectivity index (χ3v) is 4.82. The van der Waals surface area contributed by atoms with Crippen molar-refractivity contribution in [3.8, 4) is 0 Å². The molecule has 0 fully saturated rings. The van der Waals surface area contributed by atoms with Crippen LogP contribution in [0.2, 0.25) is 0 Å². The molecule has 0 N–H and O–H groups in total. The number of hydrogen-bond acceptors (Lipinski definition) is 2. The van der Waals surface area contributed by atoms with Gasteiger partial charge in [0, 0.05) is 5.57 Å². The van der Waals surface area contributed by atoms with Gasteiger partial charge in [0.05, 0.1) is 6.61 Å². The van der Waals surface area contributed by atoms with E-state index in [9.17, 15) is 9.18 Å². The summed E-state index contributed by atoms with van der Waals surface area (Å²) in [5.74, 6) is -0.364. The van der Waals surface area contributed by atoms with Crippen molar-refractivity contribution in [2.45, 2.75) is 123 Å². The first-order valence-corrected chi connectivity index (χ1v) is 11.1. The average Bonchev–Trinajstić information content (AvgIpc) is 2.63. The smallest absolute Gasteiger partial charge is 0.333 e. The highest BCUT2D eigenvalue weighted by Crippen LogP contribution is 2.13. The van der Waals surface area contributed by atoms with Gasteiger partial charge >= 0.3 is 5.97 Å². The summed E-state index contributed by atoms with van der Waals surface area (Å²) in [6, 6.07) is 0. The number of carbonyl (C=O) groups is 1. The molecule has 0 aliphatic rings. The Morgan fingerprint density at radius 1 is 0.808 bits per heavy atom. The van der Waals surface area contributed by atoms with E-state index in [1.165, 1.54) is 57.4 Å². The maximum absolute atomic E-state index is 13.8. The van der Waals surface area contributed by atoms with Gasteiger partial charge in [0.15, 0.2) is 0 Å². The Labute approximate surface area is 162 Å². The van der Waals surface area contributed by atoms with E-state index in [4.69, 9.17) is 4.74 Å². The lowest BCUT2D eigenvalue weighted by molar-refractivity contribution is -0.139. The lowest BCUT2D eigenvalue weighted by atomic mass is 10.1. The molecule has 0 aromatic rings. The molecule has 0 aromatic heterocycles. The summed E-state index contributed by atoms with van der Waals surface area (Å²) in [7, 11) is 0. The Bertz CT molecular complexity index is 352. The number of carbonyl (C=O) groups excluding carboxylic acids is 1. The van der Waals surface area contributed by atoms with Gasteiger partial charge in [0.2, 0.25) is 0 Å². The van der Waals surface area contributed by atoms with Gasteiger partial charge in [-0.2, -0.15) is 0 Å². The van der Waals surface area contributed by atoms with Crippen LogP contribution in [0.5, 0.6) is 0 Å². The van der Waals surface area contributed by atoms with E-state index in [-0.39, 0.29) is 5.97 Å². The van der Waals surface area contributed by atoms with Crippen LogP contribution in [0.4, 0.5) is 4.39 Å². The summed E-state index contributed by atoms with van der Waals surface area (Å²) in [5, 5.41) is 0. The van der Waals surface area contributed by atoms with Gasteiger partial charge in [0.1, 0.15) is 6.17 Å². The Morgan fingerprint density at radius 3 is 1.81 bits per heavy atom. The maximum Gasteiger partial charge on any atom is 0.333 e. The number of allylic oxidation sites excluding steroid dienone is 1. The zero-order valence-corrected chi connectivity index (χ0v) is 17.7. The van der Waals surface area contributed by atoms with Crippen LogP contribution in [0, 0.1) is 0 Å². The summed E-state index contributed by atoms with van der Waals surface area (Å²) >= 11 is 0. The van der Waals surface area contributed by atoms with Crippen molar-refractivity contribution in [3.63, 3.8) is 0 Å². The monoisotopic (exact) mass is 370 g/mol. The molecule has 0 heterocycles. The fraction of sp³-hybridized carbons (Fsp3) is 0.870. The zero-order chi connectivity index (χ0) is 19.5. The molecule has 1 unspecified atom stereocenters. The molecule has 1 atom stereocenters. The second kappa shape index (κ2) is 18.9. The standard InChI is InChI=1S/C23H43FO2/c1-4-6-8-10-11-12-13-14-15-17-19-26-23(25)21(3)20-22(24)18-16-9-7-5-2/h20,22H,4-19H2,1-3H3. The predicted molar refractivity (Wildman–Crippen MR) is 110 cm³/mol. The Balaban J connectivity index is 3.58. The Hall–Kier alpha value is -0.860. The van der Waals surface area contributed by atoms with Gasteiger partial charge in [-0.25, -0.2) is 9.18 Å². The number of rotatable bonds is 18. The molecule has 0 saturated carbocycles. The normalized spacial score (nSPS) is 13.0. The lowest BCUT2D eigenvalue weighted by Gasteiger charge is -2.07. The van der Waals surface area contributed by atoms with Gasteiger partial charge in [-0.1, -0.05) is 97.3 Å². The molecular formula is C23H43FO2. The second-order valence-electron chi connectivity index (χ2n) is 7.53. The molecule has 0 rings (SSSR count). The van der Waals surface area contributed by atoms with Crippen LogP contribution in [0.1, 0.15) is 117 Å². The number of alkyl halides is 1. The van der Waals surface area contributed by atoms with Gasteiger partial charge in [-0.05, 0) is 25.8 Å². The average molecular weight is 371 g/mol. The van der Waals surface area contributed by atoms with Crippen molar-refractivity contribution in [2.24, 2.45) is 0 Å². The highest BCUT2D eigenvalue weighted by atomic mass is 19.1. The van der Waals surface area contributed by atoms with Crippen molar-refractivity contribution >= 4 is 5.97 Å². The highest BCUT2D eigenvalue weighted by molar-refractivity contribution is 5.87. The largest absolute Gasteiger partial charge is 0.462 e. The SMILES string of the molecule is CCCCCCCCCCCCOC(=O)C(C)=CC(F)CCCCCC. The summed E-state index contributed by atoms with van der Waals surface area (Å²) in [6.45, 7) is 6.49. The van der Waals surface area contributed by atoms with Crippen LogP contribution < -0.4 is 0 Å². The molecule has 0 bridgehead atoms. The van der Waals surface area contributed by atoms with Gasteiger partial charge in [-0.15, -0.1) is 0 Å². The summed E-state index contributed by atoms with van der Waals surface area (Å²) in [4.78, 5) is 11.9. The fourth-order valence-corrected chi connectivity index (χ4v) is 3.06. The number of ether oxygens (including phenoxy) is 1. The predicted octanol–water partition coefficient (Wildman–Crippen LogP) is 7.71. The number of halogens is 1. The second-order valence-corrected chi connectivity index (χ2v) is 7.53. The topological polar surface area (TPSA) is 26.3 Å². The number of hydrogen-bond donors (Lipinski definition) is 0.